The maximum atomic E-state index is 12.2. The van der Waals surface area contributed by atoms with Gasteiger partial charge in [0.15, 0.2) is 0 Å². The normalized spacial score (nSPS) is 12.5. The molecule has 0 aromatic heterocycles. The zero-order valence-electron chi connectivity index (χ0n) is 13.3. The number of sulfonamides is 1. The van der Waals surface area contributed by atoms with Crippen molar-refractivity contribution in [3.63, 3.8) is 0 Å². The minimum absolute atomic E-state index is 0.114. The number of hydrogen-bond acceptors (Lipinski definition) is 3. The van der Waals surface area contributed by atoms with Crippen LogP contribution in [0.4, 0.5) is 5.69 Å². The summed E-state index contributed by atoms with van der Waals surface area (Å²) >= 11 is 0. The van der Waals surface area contributed by atoms with Gasteiger partial charge in [-0.25, -0.2) is 8.42 Å². The minimum atomic E-state index is -3.32. The highest BCUT2D eigenvalue weighted by Crippen LogP contribution is 2.15. The van der Waals surface area contributed by atoms with Crippen LogP contribution in [0.2, 0.25) is 0 Å². The SMILES string of the molecule is Cc1ccc([C@H](C)NC(=O)c2ccc(NS(C)(=O)=O)cc2)cc1. The number of aryl methyl sites for hydroxylation is 1. The van der Waals surface area contributed by atoms with Crippen molar-refractivity contribution in [2.45, 2.75) is 19.9 Å². The largest absolute Gasteiger partial charge is 0.346 e. The summed E-state index contributed by atoms with van der Waals surface area (Å²) in [4.78, 5) is 12.2. The highest BCUT2D eigenvalue weighted by atomic mass is 32.2. The van der Waals surface area contributed by atoms with Crippen LogP contribution in [0.3, 0.4) is 0 Å². The molecule has 2 aromatic rings. The van der Waals surface area contributed by atoms with Gasteiger partial charge in [0.1, 0.15) is 0 Å². The molecule has 2 N–H and O–H groups in total. The molecule has 122 valence electrons. The van der Waals surface area contributed by atoms with E-state index in [-0.39, 0.29) is 11.9 Å². The van der Waals surface area contributed by atoms with Crippen LogP contribution in [0.25, 0.3) is 0 Å². The smallest absolute Gasteiger partial charge is 0.251 e. The van der Waals surface area contributed by atoms with Crippen LogP contribution in [0.15, 0.2) is 48.5 Å². The van der Waals surface area contributed by atoms with E-state index in [4.69, 9.17) is 0 Å². The average molecular weight is 332 g/mol. The Bertz CT molecular complexity index is 782. The summed E-state index contributed by atoms with van der Waals surface area (Å²) in [7, 11) is -3.32. The summed E-state index contributed by atoms with van der Waals surface area (Å²) in [6, 6.07) is 14.2. The lowest BCUT2D eigenvalue weighted by Crippen LogP contribution is -2.26. The minimum Gasteiger partial charge on any atom is -0.346 e. The fourth-order valence-electron chi connectivity index (χ4n) is 2.12. The number of benzene rings is 2. The summed E-state index contributed by atoms with van der Waals surface area (Å²) < 4.78 is 24.7. The fourth-order valence-corrected chi connectivity index (χ4v) is 2.69. The van der Waals surface area contributed by atoms with Gasteiger partial charge in [-0.2, -0.15) is 0 Å². The standard InChI is InChI=1S/C17H20N2O3S/c1-12-4-6-14(7-5-12)13(2)18-17(20)15-8-10-16(11-9-15)19-23(3,21)22/h4-11,13,19H,1-3H3,(H,18,20)/t13-/m0/s1. The maximum absolute atomic E-state index is 12.2. The zero-order valence-corrected chi connectivity index (χ0v) is 14.1. The number of hydrogen-bond donors (Lipinski definition) is 2. The Balaban J connectivity index is 2.04. The third kappa shape index (κ3) is 5.10. The van der Waals surface area contributed by atoms with Gasteiger partial charge in [0, 0.05) is 11.3 Å². The summed E-state index contributed by atoms with van der Waals surface area (Å²) in [5.41, 5.74) is 3.10. The number of anilines is 1. The van der Waals surface area contributed by atoms with Gasteiger partial charge in [0.25, 0.3) is 5.91 Å². The van der Waals surface area contributed by atoms with Gasteiger partial charge in [-0.15, -0.1) is 0 Å². The van der Waals surface area contributed by atoms with E-state index in [0.29, 0.717) is 11.3 Å². The van der Waals surface area contributed by atoms with Crippen molar-refractivity contribution in [1.82, 2.24) is 5.32 Å². The molecular weight excluding hydrogens is 312 g/mol. The van der Waals surface area contributed by atoms with Crippen molar-refractivity contribution in [1.29, 1.82) is 0 Å². The van der Waals surface area contributed by atoms with Gasteiger partial charge >= 0.3 is 0 Å². The summed E-state index contributed by atoms with van der Waals surface area (Å²) in [6.07, 6.45) is 1.08. The Hall–Kier alpha value is -2.34. The predicted molar refractivity (Wildman–Crippen MR) is 92.0 cm³/mol. The molecule has 1 atom stereocenters. The molecule has 2 rings (SSSR count). The molecule has 6 heteroatoms. The van der Waals surface area contributed by atoms with E-state index in [0.717, 1.165) is 11.8 Å². The Morgan fingerprint density at radius 1 is 1.00 bits per heavy atom. The molecule has 0 aliphatic heterocycles. The van der Waals surface area contributed by atoms with E-state index in [2.05, 4.69) is 10.0 Å². The van der Waals surface area contributed by atoms with Crippen LogP contribution in [0.5, 0.6) is 0 Å². The first-order chi connectivity index (χ1) is 10.7. The summed E-state index contributed by atoms with van der Waals surface area (Å²) in [5.74, 6) is -0.205. The van der Waals surface area contributed by atoms with Crippen LogP contribution in [0.1, 0.15) is 34.5 Å². The molecule has 23 heavy (non-hydrogen) atoms. The summed E-state index contributed by atoms with van der Waals surface area (Å²) in [6.45, 7) is 3.93. The number of carbonyl (C=O) groups excluding carboxylic acids is 1. The molecule has 1 amide bonds. The Kier molecular flexibility index (Phi) is 5.05. The molecular formula is C17H20N2O3S. The van der Waals surface area contributed by atoms with Crippen molar-refractivity contribution >= 4 is 21.6 Å². The second kappa shape index (κ2) is 6.83. The molecule has 2 aromatic carbocycles. The first kappa shape index (κ1) is 17.0. The molecule has 0 saturated heterocycles. The van der Waals surface area contributed by atoms with E-state index < -0.39 is 10.0 Å². The first-order valence-corrected chi connectivity index (χ1v) is 9.09. The van der Waals surface area contributed by atoms with E-state index in [1.54, 1.807) is 24.3 Å². The summed E-state index contributed by atoms with van der Waals surface area (Å²) in [5, 5.41) is 2.92. The topological polar surface area (TPSA) is 75.3 Å². The highest BCUT2D eigenvalue weighted by Gasteiger charge is 2.11. The predicted octanol–water partition coefficient (Wildman–Crippen LogP) is 2.86. The van der Waals surface area contributed by atoms with Gasteiger partial charge in [-0.1, -0.05) is 29.8 Å². The Morgan fingerprint density at radius 2 is 1.57 bits per heavy atom. The number of carbonyl (C=O) groups is 1. The van der Waals surface area contributed by atoms with E-state index in [1.807, 2.05) is 38.1 Å². The van der Waals surface area contributed by atoms with Crippen LogP contribution in [-0.2, 0) is 10.0 Å². The van der Waals surface area contributed by atoms with Crippen LogP contribution in [0, 0.1) is 6.92 Å². The van der Waals surface area contributed by atoms with E-state index in [9.17, 15) is 13.2 Å². The lowest BCUT2D eigenvalue weighted by molar-refractivity contribution is 0.0940. The first-order valence-electron chi connectivity index (χ1n) is 7.20. The lowest BCUT2D eigenvalue weighted by atomic mass is 10.1. The molecule has 0 heterocycles. The van der Waals surface area contributed by atoms with Crippen molar-refractivity contribution in [3.8, 4) is 0 Å². The Morgan fingerprint density at radius 3 is 2.09 bits per heavy atom. The van der Waals surface area contributed by atoms with Gasteiger partial charge in [0.05, 0.1) is 12.3 Å². The number of rotatable bonds is 5. The van der Waals surface area contributed by atoms with Gasteiger partial charge in [-0.05, 0) is 43.7 Å². The van der Waals surface area contributed by atoms with Crippen LogP contribution < -0.4 is 10.0 Å². The zero-order chi connectivity index (χ0) is 17.0. The monoisotopic (exact) mass is 332 g/mol. The maximum Gasteiger partial charge on any atom is 0.251 e. The Labute approximate surface area is 136 Å². The van der Waals surface area contributed by atoms with Crippen molar-refractivity contribution in [2.75, 3.05) is 11.0 Å². The molecule has 0 fully saturated rings. The lowest BCUT2D eigenvalue weighted by Gasteiger charge is -2.15. The number of nitrogens with one attached hydrogen (secondary N) is 2. The molecule has 0 saturated carbocycles. The molecule has 0 unspecified atom stereocenters. The second-order valence-corrected chi connectivity index (χ2v) is 7.31. The van der Waals surface area contributed by atoms with Crippen molar-refractivity contribution < 1.29 is 13.2 Å². The molecule has 5 nitrogen and oxygen atoms in total. The highest BCUT2D eigenvalue weighted by molar-refractivity contribution is 7.92. The van der Waals surface area contributed by atoms with Crippen molar-refractivity contribution in [3.05, 3.63) is 65.2 Å². The van der Waals surface area contributed by atoms with E-state index >= 15 is 0 Å². The third-order valence-corrected chi connectivity index (χ3v) is 3.98. The third-order valence-electron chi connectivity index (χ3n) is 3.38. The quantitative estimate of drug-likeness (QED) is 0.884. The fraction of sp³-hybridized carbons (Fsp3) is 0.235. The van der Waals surface area contributed by atoms with Crippen LogP contribution >= 0.6 is 0 Å². The molecule has 0 aliphatic rings. The molecule has 0 spiro atoms. The molecule has 0 radical (unpaired) electrons. The molecule has 0 bridgehead atoms. The van der Waals surface area contributed by atoms with Crippen molar-refractivity contribution in [2.24, 2.45) is 0 Å². The van der Waals surface area contributed by atoms with Gasteiger partial charge < -0.3 is 5.32 Å². The van der Waals surface area contributed by atoms with Gasteiger partial charge in [0.2, 0.25) is 10.0 Å². The van der Waals surface area contributed by atoms with E-state index in [1.165, 1.54) is 5.56 Å². The molecule has 0 aliphatic carbocycles. The van der Waals surface area contributed by atoms with Gasteiger partial charge in [-0.3, -0.25) is 9.52 Å². The number of amides is 1. The second-order valence-electron chi connectivity index (χ2n) is 5.56. The average Bonchev–Trinajstić information content (AvgIpc) is 2.46. The van der Waals surface area contributed by atoms with Crippen LogP contribution in [-0.4, -0.2) is 20.6 Å².